The summed E-state index contributed by atoms with van der Waals surface area (Å²) in [6.45, 7) is 6.19. The summed E-state index contributed by atoms with van der Waals surface area (Å²) in [5.74, 6) is -0.0615. The Morgan fingerprint density at radius 3 is 2.47 bits per heavy atom. The first-order valence-electron chi connectivity index (χ1n) is 5.69. The van der Waals surface area contributed by atoms with Crippen molar-refractivity contribution in [2.75, 3.05) is 0 Å². The van der Waals surface area contributed by atoms with E-state index in [0.29, 0.717) is 10.6 Å². The second kappa shape index (κ2) is 5.87. The molecule has 94 valence electrons. The van der Waals surface area contributed by atoms with Gasteiger partial charge >= 0.3 is 0 Å². The average molecular weight is 319 g/mol. The zero-order valence-corrected chi connectivity index (χ0v) is 12.7. The van der Waals surface area contributed by atoms with Crippen LogP contribution in [0.5, 0.6) is 0 Å². The number of hydrogen-bond acceptors (Lipinski definition) is 1. The van der Waals surface area contributed by atoms with Crippen molar-refractivity contribution >= 4 is 33.4 Å². The molecular weight excluding hydrogens is 302 g/mol. The highest BCUT2D eigenvalue weighted by Crippen LogP contribution is 2.24. The number of carbonyl (C=O) groups excluding carboxylic acids is 1. The van der Waals surface area contributed by atoms with Crippen LogP contribution in [0.2, 0.25) is 5.02 Å². The minimum Gasteiger partial charge on any atom is -0.347 e. The summed E-state index contributed by atoms with van der Waals surface area (Å²) in [6, 6.07) is 5.19. The Hall–Kier alpha value is -0.540. The number of hydrogen-bond donors (Lipinski definition) is 1. The van der Waals surface area contributed by atoms with Crippen LogP contribution >= 0.6 is 27.5 Å². The fraction of sp³-hybridized carbons (Fsp3) is 0.462. The van der Waals surface area contributed by atoms with E-state index in [1.54, 1.807) is 18.2 Å². The molecule has 0 aromatic heterocycles. The standard InChI is InChI=1S/C13H17BrClNO/c1-4-13(3,5-2)16-12(17)9-6-7-11(15)10(14)8-9/h6-8H,4-5H2,1-3H3,(H,16,17). The summed E-state index contributed by atoms with van der Waals surface area (Å²) in [4.78, 5) is 12.1. The Kier molecular flexibility index (Phi) is 5.02. The lowest BCUT2D eigenvalue weighted by Crippen LogP contribution is -2.44. The molecule has 1 rings (SSSR count). The van der Waals surface area contributed by atoms with Crippen molar-refractivity contribution < 1.29 is 4.79 Å². The smallest absolute Gasteiger partial charge is 0.251 e. The van der Waals surface area contributed by atoms with Crippen LogP contribution in [0, 0.1) is 0 Å². The molecule has 1 aromatic carbocycles. The summed E-state index contributed by atoms with van der Waals surface area (Å²) in [5.41, 5.74) is 0.470. The molecule has 1 aromatic rings. The van der Waals surface area contributed by atoms with Crippen LogP contribution in [0.1, 0.15) is 44.0 Å². The van der Waals surface area contributed by atoms with Gasteiger partial charge in [-0.15, -0.1) is 0 Å². The molecule has 0 saturated carbocycles. The molecule has 0 aliphatic heterocycles. The lowest BCUT2D eigenvalue weighted by Gasteiger charge is -2.28. The van der Waals surface area contributed by atoms with Crippen LogP contribution in [0.4, 0.5) is 0 Å². The molecule has 1 amide bonds. The molecule has 4 heteroatoms. The molecule has 0 unspecified atom stereocenters. The third-order valence-electron chi connectivity index (χ3n) is 3.16. The SMILES string of the molecule is CCC(C)(CC)NC(=O)c1ccc(Cl)c(Br)c1. The quantitative estimate of drug-likeness (QED) is 0.875. The molecule has 0 radical (unpaired) electrons. The topological polar surface area (TPSA) is 29.1 Å². The van der Waals surface area contributed by atoms with Crippen LogP contribution in [0.15, 0.2) is 22.7 Å². The molecule has 2 nitrogen and oxygen atoms in total. The highest BCUT2D eigenvalue weighted by atomic mass is 79.9. The molecule has 1 N–H and O–H groups in total. The van der Waals surface area contributed by atoms with Crippen molar-refractivity contribution in [1.29, 1.82) is 0 Å². The van der Waals surface area contributed by atoms with Gasteiger partial charge in [0.05, 0.1) is 5.02 Å². The molecule has 0 bridgehead atoms. The number of rotatable bonds is 4. The maximum Gasteiger partial charge on any atom is 0.251 e. The van der Waals surface area contributed by atoms with Gasteiger partial charge in [0, 0.05) is 15.6 Å². The van der Waals surface area contributed by atoms with Gasteiger partial charge in [0.2, 0.25) is 0 Å². The minimum absolute atomic E-state index is 0.0615. The van der Waals surface area contributed by atoms with E-state index in [1.165, 1.54) is 0 Å². The summed E-state index contributed by atoms with van der Waals surface area (Å²) < 4.78 is 0.738. The number of carbonyl (C=O) groups is 1. The molecular formula is C13H17BrClNO. The molecule has 0 atom stereocenters. The van der Waals surface area contributed by atoms with Crippen LogP contribution in [-0.2, 0) is 0 Å². The summed E-state index contributed by atoms with van der Waals surface area (Å²) >= 11 is 9.21. The Morgan fingerprint density at radius 2 is 2.00 bits per heavy atom. The van der Waals surface area contributed by atoms with Crippen molar-refractivity contribution in [2.24, 2.45) is 0 Å². The van der Waals surface area contributed by atoms with E-state index < -0.39 is 0 Å². The number of benzene rings is 1. The molecule has 0 fully saturated rings. The van der Waals surface area contributed by atoms with Crippen molar-refractivity contribution in [3.63, 3.8) is 0 Å². The van der Waals surface area contributed by atoms with E-state index in [0.717, 1.165) is 17.3 Å². The van der Waals surface area contributed by atoms with Gasteiger partial charge in [0.25, 0.3) is 5.91 Å². The number of nitrogens with one attached hydrogen (secondary N) is 1. The molecule has 0 saturated heterocycles. The van der Waals surface area contributed by atoms with E-state index in [9.17, 15) is 4.79 Å². The van der Waals surface area contributed by atoms with Crippen LogP contribution < -0.4 is 5.32 Å². The van der Waals surface area contributed by atoms with Gasteiger partial charge in [-0.3, -0.25) is 4.79 Å². The monoisotopic (exact) mass is 317 g/mol. The first-order chi connectivity index (χ1) is 7.91. The van der Waals surface area contributed by atoms with Gasteiger partial charge in [-0.2, -0.15) is 0 Å². The Morgan fingerprint density at radius 1 is 1.41 bits per heavy atom. The molecule has 17 heavy (non-hydrogen) atoms. The van der Waals surface area contributed by atoms with Crippen LogP contribution in [-0.4, -0.2) is 11.4 Å². The van der Waals surface area contributed by atoms with E-state index in [2.05, 4.69) is 42.0 Å². The molecule has 0 aliphatic rings. The zero-order valence-electron chi connectivity index (χ0n) is 10.3. The van der Waals surface area contributed by atoms with Gasteiger partial charge in [0.1, 0.15) is 0 Å². The van der Waals surface area contributed by atoms with E-state index in [4.69, 9.17) is 11.6 Å². The van der Waals surface area contributed by atoms with Gasteiger partial charge in [0.15, 0.2) is 0 Å². The number of halogens is 2. The van der Waals surface area contributed by atoms with Gasteiger partial charge in [-0.05, 0) is 53.9 Å². The second-order valence-corrected chi connectivity index (χ2v) is 5.61. The highest BCUT2D eigenvalue weighted by molar-refractivity contribution is 9.10. The maximum absolute atomic E-state index is 12.1. The van der Waals surface area contributed by atoms with Crippen molar-refractivity contribution in [3.05, 3.63) is 33.3 Å². The minimum atomic E-state index is -0.150. The van der Waals surface area contributed by atoms with Gasteiger partial charge in [-0.1, -0.05) is 25.4 Å². The second-order valence-electron chi connectivity index (χ2n) is 4.35. The van der Waals surface area contributed by atoms with Crippen molar-refractivity contribution in [3.8, 4) is 0 Å². The summed E-state index contributed by atoms with van der Waals surface area (Å²) in [6.07, 6.45) is 1.81. The fourth-order valence-electron chi connectivity index (χ4n) is 1.41. The third kappa shape index (κ3) is 3.71. The maximum atomic E-state index is 12.1. The number of amides is 1. The fourth-order valence-corrected chi connectivity index (χ4v) is 1.91. The zero-order chi connectivity index (χ0) is 13.1. The van der Waals surface area contributed by atoms with Gasteiger partial charge < -0.3 is 5.32 Å². The van der Waals surface area contributed by atoms with Gasteiger partial charge in [-0.25, -0.2) is 0 Å². The predicted molar refractivity (Wildman–Crippen MR) is 75.6 cm³/mol. The molecule has 0 spiro atoms. The van der Waals surface area contributed by atoms with E-state index in [1.807, 2.05) is 0 Å². The largest absolute Gasteiger partial charge is 0.347 e. The summed E-state index contributed by atoms with van der Waals surface area (Å²) in [7, 11) is 0. The van der Waals surface area contributed by atoms with Crippen molar-refractivity contribution in [2.45, 2.75) is 39.2 Å². The Labute approximate surface area is 116 Å². The van der Waals surface area contributed by atoms with Crippen LogP contribution in [0.3, 0.4) is 0 Å². The lowest BCUT2D eigenvalue weighted by atomic mass is 9.95. The first kappa shape index (κ1) is 14.5. The third-order valence-corrected chi connectivity index (χ3v) is 4.37. The predicted octanol–water partition coefficient (Wildman–Crippen LogP) is 4.41. The van der Waals surface area contributed by atoms with E-state index >= 15 is 0 Å². The highest BCUT2D eigenvalue weighted by Gasteiger charge is 2.22. The normalized spacial score (nSPS) is 11.4. The summed E-state index contributed by atoms with van der Waals surface area (Å²) in [5, 5.41) is 3.66. The average Bonchev–Trinajstić information content (AvgIpc) is 2.32. The lowest BCUT2D eigenvalue weighted by molar-refractivity contribution is 0.0901. The van der Waals surface area contributed by atoms with E-state index in [-0.39, 0.29) is 11.4 Å². The molecule has 0 heterocycles. The van der Waals surface area contributed by atoms with Crippen molar-refractivity contribution in [1.82, 2.24) is 5.32 Å². The molecule has 0 aliphatic carbocycles. The van der Waals surface area contributed by atoms with Crippen LogP contribution in [0.25, 0.3) is 0 Å². The Bertz CT molecular complexity index is 416. The first-order valence-corrected chi connectivity index (χ1v) is 6.86. The Balaban J connectivity index is 2.86.